The molecule has 1 heterocycles. The van der Waals surface area contributed by atoms with E-state index >= 15 is 0 Å². The number of anilines is 2. The molecule has 5 nitrogen and oxygen atoms in total. The van der Waals surface area contributed by atoms with Crippen LogP contribution in [0.25, 0.3) is 0 Å². The molecular weight excluding hydrogens is 286 g/mol. The van der Waals surface area contributed by atoms with E-state index in [4.69, 9.17) is 10.8 Å². The predicted octanol–water partition coefficient (Wildman–Crippen LogP) is 3.07. The van der Waals surface area contributed by atoms with Gasteiger partial charge in [-0.05, 0) is 39.0 Å². The van der Waals surface area contributed by atoms with E-state index in [0.29, 0.717) is 12.2 Å². The fourth-order valence-electron chi connectivity index (χ4n) is 2.11. The maximum atomic E-state index is 11.0. The summed E-state index contributed by atoms with van der Waals surface area (Å²) in [6, 6.07) is 4.84. The Balaban J connectivity index is 2.27. The highest BCUT2D eigenvalue weighted by molar-refractivity contribution is 7.11. The van der Waals surface area contributed by atoms with Crippen molar-refractivity contribution < 1.29 is 9.90 Å². The van der Waals surface area contributed by atoms with Crippen LogP contribution in [-0.4, -0.2) is 22.6 Å². The van der Waals surface area contributed by atoms with E-state index in [1.54, 1.807) is 23.5 Å². The topological polar surface area (TPSA) is 79.5 Å². The molecule has 112 valence electrons. The van der Waals surface area contributed by atoms with Crippen LogP contribution in [0.15, 0.2) is 18.2 Å². The van der Waals surface area contributed by atoms with Gasteiger partial charge in [-0.25, -0.2) is 9.78 Å². The quantitative estimate of drug-likeness (QED) is 0.830. The molecule has 0 bridgehead atoms. The maximum absolute atomic E-state index is 11.0. The van der Waals surface area contributed by atoms with E-state index in [1.807, 2.05) is 13.8 Å². The molecule has 21 heavy (non-hydrogen) atoms. The third-order valence-corrected chi connectivity index (χ3v) is 4.45. The van der Waals surface area contributed by atoms with Crippen molar-refractivity contribution in [2.45, 2.75) is 27.3 Å². The zero-order chi connectivity index (χ0) is 15.6. The number of rotatable bonds is 5. The SMILES string of the molecule is CCN(Cc1nc(C)c(C)s1)c1ccc(C(=O)O)cc1N. The lowest BCUT2D eigenvalue weighted by Gasteiger charge is -2.23. The molecule has 3 N–H and O–H groups in total. The second-order valence-electron chi connectivity index (χ2n) is 4.84. The number of nitrogens with two attached hydrogens (primary N) is 1. The van der Waals surface area contributed by atoms with E-state index in [0.717, 1.165) is 22.9 Å². The molecule has 0 aliphatic rings. The number of carboxylic acids is 1. The van der Waals surface area contributed by atoms with Gasteiger partial charge in [0, 0.05) is 11.4 Å². The predicted molar refractivity (Wildman–Crippen MR) is 86.1 cm³/mol. The fourth-order valence-corrected chi connectivity index (χ4v) is 3.06. The lowest BCUT2D eigenvalue weighted by atomic mass is 10.1. The van der Waals surface area contributed by atoms with E-state index < -0.39 is 5.97 Å². The number of nitrogens with zero attached hydrogens (tertiary/aromatic N) is 2. The largest absolute Gasteiger partial charge is 0.478 e. The zero-order valence-corrected chi connectivity index (χ0v) is 13.2. The number of carboxylic acid groups (broad SMARTS) is 1. The van der Waals surface area contributed by atoms with Gasteiger partial charge in [-0.2, -0.15) is 0 Å². The van der Waals surface area contributed by atoms with Gasteiger partial charge in [-0.3, -0.25) is 0 Å². The molecule has 1 aromatic carbocycles. The number of benzene rings is 1. The number of hydrogen-bond acceptors (Lipinski definition) is 5. The van der Waals surface area contributed by atoms with Crippen molar-refractivity contribution in [1.82, 2.24) is 4.98 Å². The van der Waals surface area contributed by atoms with Crippen LogP contribution in [0.5, 0.6) is 0 Å². The molecule has 0 amide bonds. The van der Waals surface area contributed by atoms with Crippen molar-refractivity contribution in [3.05, 3.63) is 39.3 Å². The van der Waals surface area contributed by atoms with Crippen LogP contribution in [0.1, 0.15) is 32.9 Å². The Morgan fingerprint density at radius 3 is 2.62 bits per heavy atom. The minimum absolute atomic E-state index is 0.202. The van der Waals surface area contributed by atoms with Crippen molar-refractivity contribution >= 4 is 28.7 Å². The summed E-state index contributed by atoms with van der Waals surface area (Å²) in [5, 5.41) is 10.0. The number of aryl methyl sites for hydroxylation is 2. The summed E-state index contributed by atoms with van der Waals surface area (Å²) in [5.41, 5.74) is 8.57. The lowest BCUT2D eigenvalue weighted by molar-refractivity contribution is 0.0697. The number of carbonyl (C=O) groups is 1. The first-order valence-corrected chi connectivity index (χ1v) is 7.54. The molecule has 0 unspecified atom stereocenters. The molecule has 0 saturated heterocycles. The first-order valence-electron chi connectivity index (χ1n) is 6.73. The molecule has 0 aliphatic heterocycles. The van der Waals surface area contributed by atoms with E-state index in [1.165, 1.54) is 10.9 Å². The molecule has 0 fully saturated rings. The summed E-state index contributed by atoms with van der Waals surface area (Å²) < 4.78 is 0. The molecule has 0 atom stereocenters. The first-order chi connectivity index (χ1) is 9.92. The van der Waals surface area contributed by atoms with Gasteiger partial charge in [0.2, 0.25) is 0 Å². The summed E-state index contributed by atoms with van der Waals surface area (Å²) >= 11 is 1.68. The van der Waals surface area contributed by atoms with Crippen LogP contribution in [0.2, 0.25) is 0 Å². The van der Waals surface area contributed by atoms with Crippen LogP contribution in [0.3, 0.4) is 0 Å². The zero-order valence-electron chi connectivity index (χ0n) is 12.4. The summed E-state index contributed by atoms with van der Waals surface area (Å²) in [6.45, 7) is 7.54. The van der Waals surface area contributed by atoms with E-state index in [9.17, 15) is 4.79 Å². The monoisotopic (exact) mass is 305 g/mol. The molecule has 1 aromatic heterocycles. The number of nitrogen functional groups attached to an aromatic ring is 1. The van der Waals surface area contributed by atoms with Gasteiger partial charge in [0.15, 0.2) is 0 Å². The Kier molecular flexibility index (Phi) is 4.47. The maximum Gasteiger partial charge on any atom is 0.335 e. The van der Waals surface area contributed by atoms with Crippen LogP contribution in [0.4, 0.5) is 11.4 Å². The van der Waals surface area contributed by atoms with Gasteiger partial charge < -0.3 is 15.7 Å². The van der Waals surface area contributed by atoms with Gasteiger partial charge >= 0.3 is 5.97 Å². The Labute approximate surface area is 128 Å². The lowest BCUT2D eigenvalue weighted by Crippen LogP contribution is -2.23. The average Bonchev–Trinajstić information content (AvgIpc) is 2.75. The van der Waals surface area contributed by atoms with Gasteiger partial charge in [0.25, 0.3) is 0 Å². The van der Waals surface area contributed by atoms with Crippen molar-refractivity contribution in [1.29, 1.82) is 0 Å². The average molecular weight is 305 g/mol. The molecule has 0 aliphatic carbocycles. The van der Waals surface area contributed by atoms with Crippen molar-refractivity contribution in [2.75, 3.05) is 17.2 Å². The van der Waals surface area contributed by atoms with E-state index in [-0.39, 0.29) is 5.56 Å². The minimum atomic E-state index is -0.970. The standard InChI is InChI=1S/C15H19N3O2S/c1-4-18(8-14-17-9(2)10(3)21-14)13-6-5-11(15(19)20)7-12(13)16/h5-7H,4,8,16H2,1-3H3,(H,19,20). The number of hydrogen-bond donors (Lipinski definition) is 2. The third kappa shape index (κ3) is 3.33. The summed E-state index contributed by atoms with van der Waals surface area (Å²) in [4.78, 5) is 18.8. The highest BCUT2D eigenvalue weighted by Crippen LogP contribution is 2.27. The van der Waals surface area contributed by atoms with Gasteiger partial charge in [0.1, 0.15) is 5.01 Å². The van der Waals surface area contributed by atoms with Crippen LogP contribution >= 0.6 is 11.3 Å². The number of aromatic carboxylic acids is 1. The third-order valence-electron chi connectivity index (χ3n) is 3.40. The second kappa shape index (κ2) is 6.13. The second-order valence-corrected chi connectivity index (χ2v) is 6.13. The Hall–Kier alpha value is -2.08. The highest BCUT2D eigenvalue weighted by Gasteiger charge is 2.14. The first kappa shape index (κ1) is 15.3. The summed E-state index contributed by atoms with van der Waals surface area (Å²) in [5.74, 6) is -0.970. The normalized spacial score (nSPS) is 10.6. The van der Waals surface area contributed by atoms with Crippen LogP contribution in [0, 0.1) is 13.8 Å². The minimum Gasteiger partial charge on any atom is -0.478 e. The van der Waals surface area contributed by atoms with Gasteiger partial charge in [-0.15, -0.1) is 11.3 Å². The number of aromatic nitrogens is 1. The Morgan fingerprint density at radius 1 is 1.43 bits per heavy atom. The number of thiazole rings is 1. The molecule has 0 spiro atoms. The van der Waals surface area contributed by atoms with Gasteiger partial charge in [0.05, 0.1) is 29.2 Å². The van der Waals surface area contributed by atoms with Crippen LogP contribution in [-0.2, 0) is 6.54 Å². The van der Waals surface area contributed by atoms with Gasteiger partial charge in [-0.1, -0.05) is 0 Å². The summed E-state index contributed by atoms with van der Waals surface area (Å²) in [6.07, 6.45) is 0. The van der Waals surface area contributed by atoms with Crippen LogP contribution < -0.4 is 10.6 Å². The Morgan fingerprint density at radius 2 is 2.14 bits per heavy atom. The van der Waals surface area contributed by atoms with E-state index in [2.05, 4.69) is 16.8 Å². The summed E-state index contributed by atoms with van der Waals surface area (Å²) in [7, 11) is 0. The molecule has 2 rings (SSSR count). The molecule has 6 heteroatoms. The highest BCUT2D eigenvalue weighted by atomic mass is 32.1. The smallest absolute Gasteiger partial charge is 0.335 e. The van der Waals surface area contributed by atoms with Crippen molar-refractivity contribution in [3.63, 3.8) is 0 Å². The Bertz CT molecular complexity index is 647. The van der Waals surface area contributed by atoms with Crippen molar-refractivity contribution in [2.24, 2.45) is 0 Å². The molecular formula is C15H19N3O2S. The van der Waals surface area contributed by atoms with Crippen molar-refractivity contribution in [3.8, 4) is 0 Å². The molecule has 0 saturated carbocycles. The molecule has 2 aromatic rings. The molecule has 0 radical (unpaired) electrons. The fraction of sp³-hybridized carbons (Fsp3) is 0.333.